The SMILES string of the molecule is Cc1c(S(=O)(=O)NC(C)C)c2n(c1C(=O)Nc1ccnc(C(F)F)c1)CCC2. The summed E-state index contributed by atoms with van der Waals surface area (Å²) in [4.78, 5) is 16.6. The number of aromatic nitrogens is 2. The van der Waals surface area contributed by atoms with Gasteiger partial charge >= 0.3 is 0 Å². The van der Waals surface area contributed by atoms with Crippen LogP contribution in [0.2, 0.25) is 0 Å². The summed E-state index contributed by atoms with van der Waals surface area (Å²) in [6.45, 7) is 5.56. The van der Waals surface area contributed by atoms with Gasteiger partial charge in [0.05, 0.1) is 0 Å². The first-order valence-corrected chi connectivity index (χ1v) is 10.4. The van der Waals surface area contributed by atoms with Crippen LogP contribution in [0.3, 0.4) is 0 Å². The van der Waals surface area contributed by atoms with Crippen molar-refractivity contribution in [3.8, 4) is 0 Å². The van der Waals surface area contributed by atoms with Gasteiger partial charge in [-0.05, 0) is 45.7 Å². The van der Waals surface area contributed by atoms with Crippen molar-refractivity contribution in [1.82, 2.24) is 14.3 Å². The molecule has 0 bridgehead atoms. The molecule has 10 heteroatoms. The zero-order chi connectivity index (χ0) is 20.6. The van der Waals surface area contributed by atoms with Gasteiger partial charge in [0, 0.05) is 35.7 Å². The van der Waals surface area contributed by atoms with Crippen LogP contribution in [0, 0.1) is 6.92 Å². The van der Waals surface area contributed by atoms with Gasteiger partial charge in [-0.2, -0.15) is 0 Å². The molecule has 0 spiro atoms. The zero-order valence-electron chi connectivity index (χ0n) is 15.8. The van der Waals surface area contributed by atoms with E-state index in [1.165, 1.54) is 12.3 Å². The normalized spacial score (nSPS) is 14.0. The summed E-state index contributed by atoms with van der Waals surface area (Å²) in [6.07, 6.45) is -0.289. The molecule has 1 aliphatic heterocycles. The number of sulfonamides is 1. The average molecular weight is 412 g/mol. The third-order valence-electron chi connectivity index (χ3n) is 4.49. The second-order valence-electron chi connectivity index (χ2n) is 7.00. The molecule has 0 unspecified atom stereocenters. The summed E-state index contributed by atoms with van der Waals surface area (Å²) in [7, 11) is -3.78. The fourth-order valence-electron chi connectivity index (χ4n) is 3.54. The fourth-order valence-corrected chi connectivity index (χ4v) is 5.30. The zero-order valence-corrected chi connectivity index (χ0v) is 16.6. The molecule has 28 heavy (non-hydrogen) atoms. The van der Waals surface area contributed by atoms with Crippen molar-refractivity contribution < 1.29 is 22.0 Å². The second-order valence-corrected chi connectivity index (χ2v) is 8.66. The van der Waals surface area contributed by atoms with E-state index in [0.29, 0.717) is 24.2 Å². The minimum atomic E-state index is -3.78. The number of amides is 1. The third kappa shape index (κ3) is 3.79. The van der Waals surface area contributed by atoms with Crippen LogP contribution in [0.5, 0.6) is 0 Å². The first-order chi connectivity index (χ1) is 13.1. The van der Waals surface area contributed by atoms with Crippen molar-refractivity contribution in [3.05, 3.63) is 41.0 Å². The van der Waals surface area contributed by atoms with E-state index in [4.69, 9.17) is 0 Å². The van der Waals surface area contributed by atoms with Crippen LogP contribution in [0.15, 0.2) is 23.2 Å². The van der Waals surface area contributed by atoms with Crippen molar-refractivity contribution in [1.29, 1.82) is 0 Å². The van der Waals surface area contributed by atoms with E-state index < -0.39 is 28.0 Å². The van der Waals surface area contributed by atoms with Crippen LogP contribution in [-0.4, -0.2) is 29.9 Å². The lowest BCUT2D eigenvalue weighted by atomic mass is 10.2. The number of fused-ring (bicyclic) bond motifs is 1. The van der Waals surface area contributed by atoms with E-state index in [-0.39, 0.29) is 22.3 Å². The van der Waals surface area contributed by atoms with E-state index in [0.717, 1.165) is 12.5 Å². The lowest BCUT2D eigenvalue weighted by Gasteiger charge is -2.11. The van der Waals surface area contributed by atoms with E-state index in [2.05, 4.69) is 15.0 Å². The van der Waals surface area contributed by atoms with Gasteiger partial charge in [-0.25, -0.2) is 21.9 Å². The average Bonchev–Trinajstić information content (AvgIpc) is 3.12. The van der Waals surface area contributed by atoms with Gasteiger partial charge in [-0.1, -0.05) is 0 Å². The summed E-state index contributed by atoms with van der Waals surface area (Å²) in [5.41, 5.74) is 0.904. The number of nitrogens with one attached hydrogen (secondary N) is 2. The van der Waals surface area contributed by atoms with Crippen LogP contribution >= 0.6 is 0 Å². The van der Waals surface area contributed by atoms with Crippen LogP contribution < -0.4 is 10.0 Å². The van der Waals surface area contributed by atoms with Gasteiger partial charge in [0.1, 0.15) is 16.3 Å². The Morgan fingerprint density at radius 1 is 1.32 bits per heavy atom. The molecule has 0 atom stereocenters. The van der Waals surface area contributed by atoms with Gasteiger partial charge in [-0.3, -0.25) is 9.78 Å². The third-order valence-corrected chi connectivity index (χ3v) is 6.35. The van der Waals surface area contributed by atoms with Gasteiger partial charge < -0.3 is 9.88 Å². The predicted molar refractivity (Wildman–Crippen MR) is 100 cm³/mol. The molecule has 0 saturated carbocycles. The van der Waals surface area contributed by atoms with E-state index >= 15 is 0 Å². The number of anilines is 1. The van der Waals surface area contributed by atoms with E-state index in [1.54, 1.807) is 25.3 Å². The van der Waals surface area contributed by atoms with E-state index in [1.807, 2.05) is 0 Å². The minimum Gasteiger partial charge on any atom is -0.339 e. The number of rotatable bonds is 6. The number of hydrogen-bond donors (Lipinski definition) is 2. The number of nitrogens with zero attached hydrogens (tertiary/aromatic N) is 2. The molecule has 2 aromatic rings. The summed E-state index contributed by atoms with van der Waals surface area (Å²) < 4.78 is 55.5. The number of alkyl halides is 2. The maximum Gasteiger partial charge on any atom is 0.280 e. The highest BCUT2D eigenvalue weighted by Gasteiger charge is 2.34. The molecule has 0 aliphatic carbocycles. The number of carbonyl (C=O) groups is 1. The highest BCUT2D eigenvalue weighted by molar-refractivity contribution is 7.89. The molecule has 1 amide bonds. The molecular formula is C18H22F2N4O3S. The largest absolute Gasteiger partial charge is 0.339 e. The molecule has 3 rings (SSSR count). The molecule has 7 nitrogen and oxygen atoms in total. The number of pyridine rings is 1. The highest BCUT2D eigenvalue weighted by atomic mass is 32.2. The van der Waals surface area contributed by atoms with Crippen LogP contribution in [0.1, 0.15) is 54.1 Å². The fraction of sp³-hybridized carbons (Fsp3) is 0.444. The molecular weight excluding hydrogens is 390 g/mol. The van der Waals surface area contributed by atoms with Crippen molar-refractivity contribution in [3.63, 3.8) is 0 Å². The topological polar surface area (TPSA) is 93.1 Å². The Bertz CT molecular complexity index is 1020. The quantitative estimate of drug-likeness (QED) is 0.763. The molecule has 2 N–H and O–H groups in total. The van der Waals surface area contributed by atoms with Crippen LogP contribution in [-0.2, 0) is 23.0 Å². The molecule has 1 aliphatic rings. The number of carbonyl (C=O) groups excluding carboxylic acids is 1. The molecule has 2 aromatic heterocycles. The maximum absolute atomic E-state index is 12.9. The van der Waals surface area contributed by atoms with Crippen molar-refractivity contribution in [2.45, 2.75) is 57.5 Å². The Kier molecular flexibility index (Phi) is 5.53. The smallest absolute Gasteiger partial charge is 0.280 e. The molecule has 0 saturated heterocycles. The Hall–Kier alpha value is -2.33. The standard InChI is InChI=1S/C18H22F2N4O3S/c1-10(2)23-28(26,27)16-11(3)15(24-8-4-5-14(16)24)18(25)22-12-6-7-21-13(9-12)17(19)20/h6-7,9-10,17,23H,4-5,8H2,1-3H3,(H,21,22,25). The van der Waals surface area contributed by atoms with Gasteiger partial charge in [0.15, 0.2) is 0 Å². The first-order valence-electron chi connectivity index (χ1n) is 8.91. The van der Waals surface area contributed by atoms with Crippen molar-refractivity contribution in [2.75, 3.05) is 5.32 Å². The summed E-state index contributed by atoms with van der Waals surface area (Å²) in [5, 5.41) is 2.58. The first kappa shape index (κ1) is 20.4. The minimum absolute atomic E-state index is 0.131. The Labute approximate surface area is 162 Å². The van der Waals surface area contributed by atoms with E-state index in [9.17, 15) is 22.0 Å². The van der Waals surface area contributed by atoms with Crippen LogP contribution in [0.25, 0.3) is 0 Å². The molecule has 0 radical (unpaired) electrons. The monoisotopic (exact) mass is 412 g/mol. The Morgan fingerprint density at radius 2 is 2.04 bits per heavy atom. The molecule has 152 valence electrons. The number of halogens is 2. The molecule has 0 aromatic carbocycles. The van der Waals surface area contributed by atoms with Crippen LogP contribution in [0.4, 0.5) is 14.5 Å². The molecule has 3 heterocycles. The number of hydrogen-bond acceptors (Lipinski definition) is 4. The summed E-state index contributed by atoms with van der Waals surface area (Å²) >= 11 is 0. The Morgan fingerprint density at radius 3 is 2.68 bits per heavy atom. The van der Waals surface area contributed by atoms with Gasteiger partial charge in [0.2, 0.25) is 10.0 Å². The Balaban J connectivity index is 2.00. The highest BCUT2D eigenvalue weighted by Crippen LogP contribution is 2.33. The van der Waals surface area contributed by atoms with Crippen molar-refractivity contribution >= 4 is 21.6 Å². The maximum atomic E-state index is 12.9. The van der Waals surface area contributed by atoms with Gasteiger partial charge in [0.25, 0.3) is 12.3 Å². The van der Waals surface area contributed by atoms with Gasteiger partial charge in [-0.15, -0.1) is 0 Å². The molecule has 0 fully saturated rings. The lowest BCUT2D eigenvalue weighted by Crippen LogP contribution is -2.31. The summed E-state index contributed by atoms with van der Waals surface area (Å²) in [5.74, 6) is -0.543. The lowest BCUT2D eigenvalue weighted by molar-refractivity contribution is 0.101. The summed E-state index contributed by atoms with van der Waals surface area (Å²) in [6, 6.07) is 2.22. The second kappa shape index (κ2) is 7.59. The predicted octanol–water partition coefficient (Wildman–Crippen LogP) is 3.01. The van der Waals surface area contributed by atoms with Crippen molar-refractivity contribution in [2.24, 2.45) is 0 Å².